The first kappa shape index (κ1) is 18.3. The smallest absolute Gasteiger partial charge is 0.312 e. The first-order valence-corrected chi connectivity index (χ1v) is 9.56. The van der Waals surface area contributed by atoms with E-state index in [0.717, 1.165) is 25.7 Å². The number of carboxylic acids is 1. The highest BCUT2D eigenvalue weighted by atomic mass is 16.5. The summed E-state index contributed by atoms with van der Waals surface area (Å²) < 4.78 is 11.5. The van der Waals surface area contributed by atoms with Crippen LogP contribution in [0, 0.1) is 0 Å². The van der Waals surface area contributed by atoms with Gasteiger partial charge in [-0.2, -0.15) is 0 Å². The normalized spacial score (nSPS) is 18.8. The van der Waals surface area contributed by atoms with E-state index in [-0.39, 0.29) is 18.6 Å². The average molecular weight is 381 g/mol. The van der Waals surface area contributed by atoms with Crippen molar-refractivity contribution < 1.29 is 24.2 Å². The van der Waals surface area contributed by atoms with Gasteiger partial charge in [-0.3, -0.25) is 9.59 Å². The molecular formula is C22H23NO5. The lowest BCUT2D eigenvalue weighted by molar-refractivity contribution is -0.138. The molecule has 1 atom stereocenters. The van der Waals surface area contributed by atoms with Gasteiger partial charge in [0.25, 0.3) is 5.91 Å². The molecule has 4 rings (SSSR count). The molecule has 1 aliphatic heterocycles. The second kappa shape index (κ2) is 7.54. The number of carbonyl (C=O) groups excluding carboxylic acids is 1. The van der Waals surface area contributed by atoms with Crippen LogP contribution in [-0.4, -0.2) is 36.7 Å². The Balaban J connectivity index is 1.64. The molecule has 146 valence electrons. The summed E-state index contributed by atoms with van der Waals surface area (Å²) in [7, 11) is 1.58. The molecule has 0 spiro atoms. The lowest BCUT2D eigenvalue weighted by atomic mass is 10.0. The minimum atomic E-state index is -0.928. The van der Waals surface area contributed by atoms with Crippen LogP contribution in [0.25, 0.3) is 0 Å². The number of nitrogens with zero attached hydrogens (tertiary/aromatic N) is 1. The van der Waals surface area contributed by atoms with Crippen LogP contribution in [0.2, 0.25) is 0 Å². The highest BCUT2D eigenvalue weighted by Gasteiger charge is 2.36. The maximum absolute atomic E-state index is 13.2. The predicted octanol–water partition coefficient (Wildman–Crippen LogP) is 3.85. The molecule has 2 aromatic carbocycles. The number of hydrogen-bond acceptors (Lipinski definition) is 4. The van der Waals surface area contributed by atoms with Crippen LogP contribution < -0.4 is 14.4 Å². The maximum Gasteiger partial charge on any atom is 0.312 e. The highest BCUT2D eigenvalue weighted by Crippen LogP contribution is 2.38. The number of para-hydroxylation sites is 1. The third-order valence-corrected chi connectivity index (χ3v) is 5.52. The van der Waals surface area contributed by atoms with Crippen LogP contribution in [0.15, 0.2) is 42.5 Å². The van der Waals surface area contributed by atoms with Gasteiger partial charge in [-0.1, -0.05) is 18.2 Å². The van der Waals surface area contributed by atoms with Crippen molar-refractivity contribution in [1.82, 2.24) is 0 Å². The molecule has 28 heavy (non-hydrogen) atoms. The molecule has 1 fully saturated rings. The molecule has 1 amide bonds. The van der Waals surface area contributed by atoms with Gasteiger partial charge in [-0.25, -0.2) is 0 Å². The SMILES string of the molecule is COc1ccc(C(=O)N2CC(C(=O)O)c3ccccc32)cc1OC1CCCC1. The zero-order valence-corrected chi connectivity index (χ0v) is 15.8. The minimum Gasteiger partial charge on any atom is -0.493 e. The first-order chi connectivity index (χ1) is 13.6. The zero-order chi connectivity index (χ0) is 19.7. The lowest BCUT2D eigenvalue weighted by Gasteiger charge is -2.20. The van der Waals surface area contributed by atoms with E-state index in [0.29, 0.717) is 28.3 Å². The number of methoxy groups -OCH3 is 1. The average Bonchev–Trinajstić information content (AvgIpc) is 3.35. The molecule has 0 bridgehead atoms. The molecule has 6 heteroatoms. The molecule has 1 aliphatic carbocycles. The summed E-state index contributed by atoms with van der Waals surface area (Å²) in [6.07, 6.45) is 4.44. The van der Waals surface area contributed by atoms with Crippen LogP contribution in [-0.2, 0) is 4.79 Å². The molecule has 6 nitrogen and oxygen atoms in total. The van der Waals surface area contributed by atoms with Crippen molar-refractivity contribution in [3.63, 3.8) is 0 Å². The topological polar surface area (TPSA) is 76.1 Å². The van der Waals surface area contributed by atoms with Gasteiger partial charge < -0.3 is 19.5 Å². The van der Waals surface area contributed by atoms with E-state index < -0.39 is 11.9 Å². The molecule has 0 aromatic heterocycles. The first-order valence-electron chi connectivity index (χ1n) is 9.56. The van der Waals surface area contributed by atoms with Crippen LogP contribution >= 0.6 is 0 Å². The number of amides is 1. The van der Waals surface area contributed by atoms with E-state index in [1.54, 1.807) is 43.5 Å². The number of fused-ring (bicyclic) bond motifs is 1. The van der Waals surface area contributed by atoms with Crippen molar-refractivity contribution in [3.8, 4) is 11.5 Å². The monoisotopic (exact) mass is 381 g/mol. The number of anilines is 1. The number of rotatable bonds is 5. The van der Waals surface area contributed by atoms with Crippen molar-refractivity contribution in [1.29, 1.82) is 0 Å². The Morgan fingerprint density at radius 1 is 1.07 bits per heavy atom. The van der Waals surface area contributed by atoms with Crippen molar-refractivity contribution in [2.75, 3.05) is 18.6 Å². The van der Waals surface area contributed by atoms with E-state index >= 15 is 0 Å². The number of benzene rings is 2. The fraction of sp³-hybridized carbons (Fsp3) is 0.364. The molecule has 1 unspecified atom stereocenters. The van der Waals surface area contributed by atoms with Gasteiger partial charge >= 0.3 is 5.97 Å². The summed E-state index contributed by atoms with van der Waals surface area (Å²) in [4.78, 5) is 26.4. The fourth-order valence-corrected chi connectivity index (χ4v) is 4.05. The molecular weight excluding hydrogens is 358 g/mol. The van der Waals surface area contributed by atoms with Gasteiger partial charge in [0.05, 0.1) is 13.2 Å². The molecule has 1 saturated carbocycles. The summed E-state index contributed by atoms with van der Waals surface area (Å²) in [5.74, 6) is -0.735. The van der Waals surface area contributed by atoms with E-state index in [1.807, 2.05) is 6.07 Å². The Bertz CT molecular complexity index is 904. The van der Waals surface area contributed by atoms with E-state index in [2.05, 4.69) is 0 Å². The van der Waals surface area contributed by atoms with Gasteiger partial charge in [0.1, 0.15) is 5.92 Å². The van der Waals surface area contributed by atoms with Gasteiger partial charge in [-0.05, 0) is 55.5 Å². The Labute approximate surface area is 163 Å². The maximum atomic E-state index is 13.2. The summed E-state index contributed by atoms with van der Waals surface area (Å²) in [5, 5.41) is 9.53. The third kappa shape index (κ3) is 3.30. The summed E-state index contributed by atoms with van der Waals surface area (Å²) in [6, 6.07) is 12.3. The van der Waals surface area contributed by atoms with E-state index in [1.165, 1.54) is 4.90 Å². The number of carbonyl (C=O) groups is 2. The van der Waals surface area contributed by atoms with E-state index in [4.69, 9.17) is 9.47 Å². The highest BCUT2D eigenvalue weighted by molar-refractivity contribution is 6.09. The van der Waals surface area contributed by atoms with Gasteiger partial charge in [0.15, 0.2) is 11.5 Å². The van der Waals surface area contributed by atoms with Crippen molar-refractivity contribution in [2.45, 2.75) is 37.7 Å². The van der Waals surface area contributed by atoms with Gasteiger partial charge in [-0.15, -0.1) is 0 Å². The third-order valence-electron chi connectivity index (χ3n) is 5.52. The molecule has 1 heterocycles. The quantitative estimate of drug-likeness (QED) is 0.851. The molecule has 2 aliphatic rings. The summed E-state index contributed by atoms with van der Waals surface area (Å²) in [5.41, 5.74) is 1.77. The lowest BCUT2D eigenvalue weighted by Crippen LogP contribution is -2.31. The molecule has 0 radical (unpaired) electrons. The predicted molar refractivity (Wildman–Crippen MR) is 104 cm³/mol. The minimum absolute atomic E-state index is 0.123. The van der Waals surface area contributed by atoms with Crippen molar-refractivity contribution in [2.24, 2.45) is 0 Å². The Morgan fingerprint density at radius 3 is 2.54 bits per heavy atom. The zero-order valence-electron chi connectivity index (χ0n) is 15.8. The molecule has 0 saturated heterocycles. The van der Waals surface area contributed by atoms with E-state index in [9.17, 15) is 14.7 Å². The Morgan fingerprint density at radius 2 is 1.82 bits per heavy atom. The molecule has 2 aromatic rings. The Kier molecular flexibility index (Phi) is 4.94. The van der Waals surface area contributed by atoms with Crippen LogP contribution in [0.5, 0.6) is 11.5 Å². The van der Waals surface area contributed by atoms with Gasteiger partial charge in [0.2, 0.25) is 0 Å². The second-order valence-electron chi connectivity index (χ2n) is 7.26. The van der Waals surface area contributed by atoms with Crippen molar-refractivity contribution in [3.05, 3.63) is 53.6 Å². The number of carboxylic acid groups (broad SMARTS) is 1. The van der Waals surface area contributed by atoms with Crippen LogP contribution in [0.4, 0.5) is 5.69 Å². The summed E-state index contributed by atoms with van der Waals surface area (Å²) in [6.45, 7) is 0.123. The summed E-state index contributed by atoms with van der Waals surface area (Å²) >= 11 is 0. The van der Waals surface area contributed by atoms with Crippen LogP contribution in [0.1, 0.15) is 47.5 Å². The van der Waals surface area contributed by atoms with Crippen molar-refractivity contribution >= 4 is 17.6 Å². The number of aliphatic carboxylic acids is 1. The van der Waals surface area contributed by atoms with Crippen LogP contribution in [0.3, 0.4) is 0 Å². The molecule has 1 N–H and O–H groups in total. The fourth-order valence-electron chi connectivity index (χ4n) is 4.05. The Hall–Kier alpha value is -3.02. The largest absolute Gasteiger partial charge is 0.493 e. The standard InChI is InChI=1S/C22H23NO5/c1-27-19-11-10-14(12-20(19)28-15-6-2-3-7-15)21(24)23-13-17(22(25)26)16-8-4-5-9-18(16)23/h4-5,8-12,15,17H,2-3,6-7,13H2,1H3,(H,25,26). The number of ether oxygens (including phenoxy) is 2. The van der Waals surface area contributed by atoms with Gasteiger partial charge in [0, 0.05) is 17.8 Å². The second-order valence-corrected chi connectivity index (χ2v) is 7.26. The number of hydrogen-bond donors (Lipinski definition) is 1.